The van der Waals surface area contributed by atoms with Gasteiger partial charge in [0.15, 0.2) is 0 Å². The second-order valence-corrected chi connectivity index (χ2v) is 3.90. The van der Waals surface area contributed by atoms with Crippen LogP contribution in [0.4, 0.5) is 14.5 Å². The molecule has 1 aromatic rings. The zero-order valence-corrected chi connectivity index (χ0v) is 9.21. The van der Waals surface area contributed by atoms with Gasteiger partial charge >= 0.3 is 5.25 Å². The van der Waals surface area contributed by atoms with Gasteiger partial charge in [-0.2, -0.15) is 8.78 Å². The number of benzene rings is 1. The van der Waals surface area contributed by atoms with Gasteiger partial charge < -0.3 is 0 Å². The van der Waals surface area contributed by atoms with E-state index in [1.54, 1.807) is 0 Å². The van der Waals surface area contributed by atoms with Crippen LogP contribution in [-0.2, 0) is 0 Å². The lowest BCUT2D eigenvalue weighted by Crippen LogP contribution is -2.03. The van der Waals surface area contributed by atoms with Gasteiger partial charge in [0, 0.05) is 12.1 Å². The molecule has 86 valence electrons. The molecule has 0 spiro atoms. The fourth-order valence-electron chi connectivity index (χ4n) is 0.968. The van der Waals surface area contributed by atoms with E-state index in [-0.39, 0.29) is 5.69 Å². The van der Waals surface area contributed by atoms with Crippen LogP contribution in [0.25, 0.3) is 6.08 Å². The molecule has 0 saturated carbocycles. The molecule has 16 heavy (non-hydrogen) atoms. The monoisotopic (exact) mass is 245 g/mol. The number of hydrogen-bond acceptors (Lipinski definition) is 3. The lowest BCUT2D eigenvalue weighted by Gasteiger charge is -2.06. The molecule has 0 aliphatic rings. The van der Waals surface area contributed by atoms with Gasteiger partial charge in [-0.3, -0.25) is 10.1 Å². The highest BCUT2D eigenvalue weighted by Gasteiger charge is 2.22. The summed E-state index contributed by atoms with van der Waals surface area (Å²) in [5, 5.41) is 7.42. The number of nitro groups is 1. The Hall–Kier alpha value is -1.43. The standard InChI is InChI=1S/C10H9F2NO2S/c1-16-10(11,12)7-6-8-2-4-9(5-3-8)13(14)15/h2-7H,1H3/b7-6+. The molecule has 0 N–H and O–H groups in total. The smallest absolute Gasteiger partial charge is 0.258 e. The quantitative estimate of drug-likeness (QED) is 0.601. The van der Waals surface area contributed by atoms with E-state index >= 15 is 0 Å². The van der Waals surface area contributed by atoms with Gasteiger partial charge in [-0.15, -0.1) is 0 Å². The van der Waals surface area contributed by atoms with E-state index in [1.807, 2.05) is 0 Å². The second-order valence-electron chi connectivity index (χ2n) is 2.95. The fourth-order valence-corrected chi connectivity index (χ4v) is 1.17. The SMILES string of the molecule is CSC(F)(F)/C=C/c1ccc([N+](=O)[O-])cc1. The highest BCUT2D eigenvalue weighted by Crippen LogP contribution is 2.28. The van der Waals surface area contributed by atoms with Crippen LogP contribution in [0.5, 0.6) is 0 Å². The molecule has 0 amide bonds. The van der Waals surface area contributed by atoms with Crippen molar-refractivity contribution in [2.24, 2.45) is 0 Å². The number of hydrogen-bond donors (Lipinski definition) is 0. The fraction of sp³-hybridized carbons (Fsp3) is 0.200. The molecule has 3 nitrogen and oxygen atoms in total. The Labute approximate surface area is 95.3 Å². The van der Waals surface area contributed by atoms with Gasteiger partial charge in [0.2, 0.25) is 0 Å². The Morgan fingerprint density at radius 2 is 1.94 bits per heavy atom. The summed E-state index contributed by atoms with van der Waals surface area (Å²) in [4.78, 5) is 9.80. The molecule has 1 rings (SSSR count). The van der Waals surface area contributed by atoms with E-state index < -0.39 is 10.2 Å². The summed E-state index contributed by atoms with van der Waals surface area (Å²) in [6.45, 7) is 0. The van der Waals surface area contributed by atoms with Crippen molar-refractivity contribution in [2.45, 2.75) is 5.25 Å². The number of nitrogens with zero attached hydrogens (tertiary/aromatic N) is 1. The lowest BCUT2D eigenvalue weighted by molar-refractivity contribution is -0.384. The van der Waals surface area contributed by atoms with E-state index in [1.165, 1.54) is 36.6 Å². The van der Waals surface area contributed by atoms with E-state index in [2.05, 4.69) is 0 Å². The molecular formula is C10H9F2NO2S. The van der Waals surface area contributed by atoms with Crippen molar-refractivity contribution in [1.82, 2.24) is 0 Å². The maximum atomic E-state index is 12.8. The van der Waals surface area contributed by atoms with Crippen LogP contribution >= 0.6 is 11.8 Å². The van der Waals surface area contributed by atoms with Crippen molar-refractivity contribution in [2.75, 3.05) is 6.26 Å². The molecule has 1 aromatic carbocycles. The van der Waals surface area contributed by atoms with Gasteiger partial charge in [-0.05, 0) is 30.0 Å². The minimum absolute atomic E-state index is 0.0613. The average molecular weight is 245 g/mol. The highest BCUT2D eigenvalue weighted by atomic mass is 32.2. The molecular weight excluding hydrogens is 236 g/mol. The highest BCUT2D eigenvalue weighted by molar-refractivity contribution is 7.99. The first-order valence-electron chi connectivity index (χ1n) is 4.31. The normalized spacial score (nSPS) is 11.9. The Morgan fingerprint density at radius 1 is 1.38 bits per heavy atom. The molecule has 0 heterocycles. The van der Waals surface area contributed by atoms with Crippen molar-refractivity contribution in [3.05, 3.63) is 46.0 Å². The Kier molecular flexibility index (Phi) is 4.00. The summed E-state index contributed by atoms with van der Waals surface area (Å²) in [6.07, 6.45) is 3.30. The van der Waals surface area contributed by atoms with Gasteiger partial charge in [0.25, 0.3) is 5.69 Å². The number of non-ortho nitro benzene ring substituents is 1. The molecule has 0 aliphatic heterocycles. The number of nitro benzene ring substituents is 1. The predicted octanol–water partition coefficient (Wildman–Crippen LogP) is 3.56. The third-order valence-electron chi connectivity index (χ3n) is 1.85. The number of thioether (sulfide) groups is 1. The van der Waals surface area contributed by atoms with Gasteiger partial charge in [0.1, 0.15) is 0 Å². The summed E-state index contributed by atoms with van der Waals surface area (Å²) >= 11 is 0.426. The molecule has 0 atom stereocenters. The van der Waals surface area contributed by atoms with Crippen LogP contribution in [0.3, 0.4) is 0 Å². The van der Waals surface area contributed by atoms with E-state index in [4.69, 9.17) is 0 Å². The first-order chi connectivity index (χ1) is 7.44. The largest absolute Gasteiger partial charge is 0.312 e. The number of halogens is 2. The third-order valence-corrected chi connectivity index (χ3v) is 2.53. The molecule has 0 aliphatic carbocycles. The predicted molar refractivity (Wildman–Crippen MR) is 60.6 cm³/mol. The summed E-state index contributed by atoms with van der Waals surface area (Å²) in [5.41, 5.74) is 0.438. The van der Waals surface area contributed by atoms with Gasteiger partial charge in [-0.25, -0.2) is 0 Å². The van der Waals surface area contributed by atoms with Crippen LogP contribution in [-0.4, -0.2) is 16.4 Å². The molecule has 0 bridgehead atoms. The first-order valence-corrected chi connectivity index (χ1v) is 5.54. The van der Waals surface area contributed by atoms with Crippen LogP contribution in [0.2, 0.25) is 0 Å². The van der Waals surface area contributed by atoms with Crippen LogP contribution in [0, 0.1) is 10.1 Å². The average Bonchev–Trinajstić information content (AvgIpc) is 2.27. The van der Waals surface area contributed by atoms with Gasteiger partial charge in [0.05, 0.1) is 4.92 Å². The van der Waals surface area contributed by atoms with Crippen LogP contribution in [0.15, 0.2) is 30.3 Å². The second kappa shape index (κ2) is 5.07. The lowest BCUT2D eigenvalue weighted by atomic mass is 10.2. The van der Waals surface area contributed by atoms with E-state index in [0.29, 0.717) is 17.3 Å². The molecule has 0 saturated heterocycles. The minimum Gasteiger partial charge on any atom is -0.258 e. The summed E-state index contributed by atoms with van der Waals surface area (Å²) in [7, 11) is 0. The maximum absolute atomic E-state index is 12.8. The summed E-state index contributed by atoms with van der Waals surface area (Å²) in [5.74, 6) is 0. The summed E-state index contributed by atoms with van der Waals surface area (Å²) < 4.78 is 25.6. The van der Waals surface area contributed by atoms with Crippen molar-refractivity contribution in [1.29, 1.82) is 0 Å². The van der Waals surface area contributed by atoms with Crippen molar-refractivity contribution < 1.29 is 13.7 Å². The molecule has 0 unspecified atom stereocenters. The maximum Gasteiger partial charge on any atom is 0.312 e. The minimum atomic E-state index is -2.91. The van der Waals surface area contributed by atoms with E-state index in [0.717, 1.165) is 6.08 Å². The Morgan fingerprint density at radius 3 is 2.38 bits per heavy atom. The molecule has 0 radical (unpaired) electrons. The molecule has 0 aromatic heterocycles. The third kappa shape index (κ3) is 3.62. The van der Waals surface area contributed by atoms with Crippen molar-refractivity contribution in [3.63, 3.8) is 0 Å². The summed E-state index contributed by atoms with van der Waals surface area (Å²) in [6, 6.07) is 5.39. The van der Waals surface area contributed by atoms with Crippen LogP contribution < -0.4 is 0 Å². The van der Waals surface area contributed by atoms with Gasteiger partial charge in [-0.1, -0.05) is 17.8 Å². The number of alkyl halides is 2. The molecule has 6 heteroatoms. The van der Waals surface area contributed by atoms with Crippen molar-refractivity contribution >= 4 is 23.5 Å². The first kappa shape index (κ1) is 12.6. The van der Waals surface area contributed by atoms with E-state index in [9.17, 15) is 18.9 Å². The van der Waals surface area contributed by atoms with Crippen LogP contribution in [0.1, 0.15) is 5.56 Å². The zero-order chi connectivity index (χ0) is 12.2. The molecule has 0 fully saturated rings. The topological polar surface area (TPSA) is 43.1 Å². The zero-order valence-electron chi connectivity index (χ0n) is 8.39. The Bertz CT molecular complexity index is 404. The van der Waals surface area contributed by atoms with Crippen molar-refractivity contribution in [3.8, 4) is 0 Å². The number of rotatable bonds is 4. The Balaban J connectivity index is 2.80.